The number of carbonyl (C=O) groups excluding carboxylic acids is 2. The molecular formula is C18H16ClN3O2. The van der Waals surface area contributed by atoms with Crippen LogP contribution in [-0.2, 0) is 4.79 Å². The molecule has 0 aliphatic rings. The summed E-state index contributed by atoms with van der Waals surface area (Å²) in [4.78, 5) is 23.8. The Morgan fingerprint density at radius 3 is 2.21 bits per heavy atom. The van der Waals surface area contributed by atoms with Gasteiger partial charge >= 0.3 is 0 Å². The van der Waals surface area contributed by atoms with E-state index in [2.05, 4.69) is 10.6 Å². The molecule has 2 rings (SSSR count). The lowest BCUT2D eigenvalue weighted by molar-refractivity contribution is -0.118. The van der Waals surface area contributed by atoms with E-state index in [4.69, 9.17) is 16.9 Å². The summed E-state index contributed by atoms with van der Waals surface area (Å²) >= 11 is 5.94. The predicted octanol–water partition coefficient (Wildman–Crippen LogP) is 4.06. The fraction of sp³-hybridized carbons (Fsp3) is 0.167. The number of nitrogens with zero attached hydrogens (tertiary/aromatic N) is 1. The Morgan fingerprint density at radius 2 is 1.67 bits per heavy atom. The molecule has 0 atom stereocenters. The highest BCUT2D eigenvalue weighted by molar-refractivity contribution is 6.32. The first-order valence-corrected chi connectivity index (χ1v) is 7.70. The predicted molar refractivity (Wildman–Crippen MR) is 94.0 cm³/mol. The second-order valence-corrected chi connectivity index (χ2v) is 5.89. The lowest BCUT2D eigenvalue weighted by atomic mass is 10.1. The average molecular weight is 342 g/mol. The molecule has 0 aromatic heterocycles. The number of anilines is 2. The Labute approximate surface area is 145 Å². The van der Waals surface area contributed by atoms with Gasteiger partial charge in [0.05, 0.1) is 10.6 Å². The summed E-state index contributed by atoms with van der Waals surface area (Å²) in [5.74, 6) is -0.508. The molecule has 0 spiro atoms. The fourth-order valence-electron chi connectivity index (χ4n) is 1.88. The van der Waals surface area contributed by atoms with Crippen molar-refractivity contribution in [3.05, 3.63) is 58.6 Å². The van der Waals surface area contributed by atoms with Crippen molar-refractivity contribution in [3.8, 4) is 6.07 Å². The van der Waals surface area contributed by atoms with Crippen molar-refractivity contribution in [3.63, 3.8) is 0 Å². The van der Waals surface area contributed by atoms with E-state index >= 15 is 0 Å². The average Bonchev–Trinajstić information content (AvgIpc) is 2.55. The van der Waals surface area contributed by atoms with Gasteiger partial charge in [0.2, 0.25) is 5.91 Å². The summed E-state index contributed by atoms with van der Waals surface area (Å²) in [7, 11) is 0. The van der Waals surface area contributed by atoms with Gasteiger partial charge in [0.15, 0.2) is 0 Å². The molecule has 0 saturated carbocycles. The molecule has 0 aliphatic heterocycles. The summed E-state index contributed by atoms with van der Waals surface area (Å²) in [5, 5.41) is 14.6. The van der Waals surface area contributed by atoms with Gasteiger partial charge < -0.3 is 10.6 Å². The molecular weight excluding hydrogens is 326 g/mol. The number of hydrogen-bond donors (Lipinski definition) is 2. The molecule has 2 aromatic rings. The number of benzene rings is 2. The molecule has 24 heavy (non-hydrogen) atoms. The zero-order valence-electron chi connectivity index (χ0n) is 13.3. The molecule has 0 aliphatic carbocycles. The first kappa shape index (κ1) is 17.5. The van der Waals surface area contributed by atoms with Crippen molar-refractivity contribution in [2.75, 3.05) is 10.6 Å². The molecule has 0 fully saturated rings. The Kier molecular flexibility index (Phi) is 5.56. The third-order valence-electron chi connectivity index (χ3n) is 3.29. The van der Waals surface area contributed by atoms with Gasteiger partial charge in [0.25, 0.3) is 5.91 Å². The van der Waals surface area contributed by atoms with Crippen molar-refractivity contribution in [1.82, 2.24) is 0 Å². The minimum absolute atomic E-state index is 0.0839. The summed E-state index contributed by atoms with van der Waals surface area (Å²) in [6.45, 7) is 3.61. The minimum atomic E-state index is -0.308. The van der Waals surface area contributed by atoms with Gasteiger partial charge in [0, 0.05) is 22.9 Å². The van der Waals surface area contributed by atoms with Gasteiger partial charge in [-0.1, -0.05) is 25.4 Å². The van der Waals surface area contributed by atoms with E-state index in [-0.39, 0.29) is 22.8 Å². The van der Waals surface area contributed by atoms with Crippen LogP contribution in [0, 0.1) is 17.2 Å². The number of nitrogens with one attached hydrogen (secondary N) is 2. The van der Waals surface area contributed by atoms with Gasteiger partial charge in [-0.2, -0.15) is 5.26 Å². The molecule has 0 bridgehead atoms. The van der Waals surface area contributed by atoms with Crippen molar-refractivity contribution in [1.29, 1.82) is 5.26 Å². The third kappa shape index (κ3) is 4.34. The van der Waals surface area contributed by atoms with Crippen LogP contribution in [-0.4, -0.2) is 11.8 Å². The SMILES string of the molecule is CC(C)C(=O)Nc1ccc(C(=O)Nc2ccc(C#N)c(Cl)c2)cc1. The number of carbonyl (C=O) groups is 2. The van der Waals surface area contributed by atoms with Crippen LogP contribution < -0.4 is 10.6 Å². The quantitative estimate of drug-likeness (QED) is 0.879. The Hall–Kier alpha value is -2.84. The van der Waals surface area contributed by atoms with Gasteiger partial charge in [0.1, 0.15) is 6.07 Å². The third-order valence-corrected chi connectivity index (χ3v) is 3.60. The Morgan fingerprint density at radius 1 is 1.04 bits per heavy atom. The number of halogens is 1. The normalized spacial score (nSPS) is 10.1. The van der Waals surface area contributed by atoms with Gasteiger partial charge in [-0.15, -0.1) is 0 Å². The van der Waals surface area contributed by atoms with Gasteiger partial charge in [-0.3, -0.25) is 9.59 Å². The van der Waals surface area contributed by atoms with E-state index in [0.29, 0.717) is 22.5 Å². The molecule has 0 radical (unpaired) electrons. The second kappa shape index (κ2) is 7.62. The van der Waals surface area contributed by atoms with E-state index in [0.717, 1.165) is 0 Å². The highest BCUT2D eigenvalue weighted by Gasteiger charge is 2.10. The van der Waals surface area contributed by atoms with E-state index < -0.39 is 0 Å². The van der Waals surface area contributed by atoms with Crippen LogP contribution in [0.15, 0.2) is 42.5 Å². The van der Waals surface area contributed by atoms with Crippen LogP contribution in [0.2, 0.25) is 5.02 Å². The van der Waals surface area contributed by atoms with Crippen molar-refractivity contribution in [2.45, 2.75) is 13.8 Å². The largest absolute Gasteiger partial charge is 0.326 e. The minimum Gasteiger partial charge on any atom is -0.326 e. The standard InChI is InChI=1S/C18H16ClN3O2/c1-11(2)17(23)21-14-6-3-12(4-7-14)18(24)22-15-8-5-13(10-20)16(19)9-15/h3-9,11H,1-2H3,(H,21,23)(H,22,24). The molecule has 0 heterocycles. The zero-order valence-corrected chi connectivity index (χ0v) is 14.0. The lowest BCUT2D eigenvalue weighted by Crippen LogP contribution is -2.18. The van der Waals surface area contributed by atoms with E-state index in [1.807, 2.05) is 6.07 Å². The van der Waals surface area contributed by atoms with Crippen LogP contribution in [0.1, 0.15) is 29.8 Å². The number of rotatable bonds is 4. The van der Waals surface area contributed by atoms with Crippen LogP contribution in [0.5, 0.6) is 0 Å². The molecule has 122 valence electrons. The maximum Gasteiger partial charge on any atom is 0.255 e. The van der Waals surface area contributed by atoms with Crippen LogP contribution in [0.25, 0.3) is 0 Å². The fourth-order valence-corrected chi connectivity index (χ4v) is 2.10. The topological polar surface area (TPSA) is 82.0 Å². The highest BCUT2D eigenvalue weighted by Crippen LogP contribution is 2.21. The molecule has 2 amide bonds. The van der Waals surface area contributed by atoms with Crippen molar-refractivity contribution in [2.24, 2.45) is 5.92 Å². The highest BCUT2D eigenvalue weighted by atomic mass is 35.5. The van der Waals surface area contributed by atoms with Crippen molar-refractivity contribution < 1.29 is 9.59 Å². The molecule has 0 saturated heterocycles. The van der Waals surface area contributed by atoms with Crippen LogP contribution in [0.4, 0.5) is 11.4 Å². The van der Waals surface area contributed by atoms with Gasteiger partial charge in [-0.25, -0.2) is 0 Å². The van der Waals surface area contributed by atoms with E-state index in [1.54, 1.807) is 50.2 Å². The van der Waals surface area contributed by atoms with Crippen LogP contribution >= 0.6 is 11.6 Å². The van der Waals surface area contributed by atoms with Crippen molar-refractivity contribution >= 4 is 34.8 Å². The van der Waals surface area contributed by atoms with E-state index in [9.17, 15) is 9.59 Å². The lowest BCUT2D eigenvalue weighted by Gasteiger charge is -2.09. The molecule has 2 aromatic carbocycles. The monoisotopic (exact) mass is 341 g/mol. The Bertz CT molecular complexity index is 808. The molecule has 6 heteroatoms. The van der Waals surface area contributed by atoms with E-state index in [1.165, 1.54) is 6.07 Å². The molecule has 5 nitrogen and oxygen atoms in total. The summed E-state index contributed by atoms with van der Waals surface area (Å²) < 4.78 is 0. The number of amides is 2. The summed E-state index contributed by atoms with van der Waals surface area (Å²) in [6.07, 6.45) is 0. The molecule has 0 unspecified atom stereocenters. The summed E-state index contributed by atoms with van der Waals surface area (Å²) in [6, 6.07) is 13.2. The smallest absolute Gasteiger partial charge is 0.255 e. The Balaban J connectivity index is 2.06. The molecule has 2 N–H and O–H groups in total. The first-order chi connectivity index (χ1) is 11.4. The number of nitriles is 1. The maximum absolute atomic E-state index is 12.2. The summed E-state index contributed by atoms with van der Waals surface area (Å²) in [5.41, 5.74) is 1.92. The first-order valence-electron chi connectivity index (χ1n) is 7.32. The second-order valence-electron chi connectivity index (χ2n) is 5.48. The maximum atomic E-state index is 12.2. The zero-order chi connectivity index (χ0) is 17.7. The van der Waals surface area contributed by atoms with Crippen LogP contribution in [0.3, 0.4) is 0 Å². The number of hydrogen-bond acceptors (Lipinski definition) is 3. The van der Waals surface area contributed by atoms with Gasteiger partial charge in [-0.05, 0) is 42.5 Å².